The molecule has 1 atom stereocenters. The van der Waals surface area contributed by atoms with E-state index in [4.69, 9.17) is 9.73 Å². The first kappa shape index (κ1) is 26.5. The van der Waals surface area contributed by atoms with Crippen LogP contribution in [0.3, 0.4) is 0 Å². The minimum Gasteiger partial charge on any atom is -0.496 e. The van der Waals surface area contributed by atoms with Crippen molar-refractivity contribution in [3.63, 3.8) is 0 Å². The number of carbonyl (C=O) groups excluding carboxylic acids is 1. The molecule has 0 aromatic heterocycles. The number of ether oxygens (including phenoxy) is 1. The summed E-state index contributed by atoms with van der Waals surface area (Å²) in [6.45, 7) is 6.26. The number of carbonyl (C=O) groups is 1. The van der Waals surface area contributed by atoms with Gasteiger partial charge in [-0.3, -0.25) is 14.7 Å². The van der Waals surface area contributed by atoms with Crippen LogP contribution in [0.2, 0.25) is 0 Å². The first-order valence-corrected chi connectivity index (χ1v) is 10.5. The molecular weight excluding hydrogens is 493 g/mol. The van der Waals surface area contributed by atoms with E-state index in [0.717, 1.165) is 69.3 Å². The molecule has 1 fully saturated rings. The summed E-state index contributed by atoms with van der Waals surface area (Å²) in [5.74, 6) is 2.00. The minimum atomic E-state index is 0. The van der Waals surface area contributed by atoms with Gasteiger partial charge < -0.3 is 19.9 Å². The lowest BCUT2D eigenvalue weighted by atomic mass is 10.2. The lowest BCUT2D eigenvalue weighted by molar-refractivity contribution is -0.133. The number of benzene rings is 1. The fourth-order valence-corrected chi connectivity index (χ4v) is 3.76. The van der Waals surface area contributed by atoms with Crippen LogP contribution in [0.25, 0.3) is 0 Å². The predicted octanol–water partition coefficient (Wildman–Crippen LogP) is 2.65. The molecule has 0 aliphatic carbocycles. The highest BCUT2D eigenvalue weighted by Crippen LogP contribution is 2.20. The summed E-state index contributed by atoms with van der Waals surface area (Å²) in [6.07, 6.45) is 3.00. The quantitative estimate of drug-likeness (QED) is 0.230. The molecule has 8 heteroatoms. The van der Waals surface area contributed by atoms with E-state index in [2.05, 4.69) is 28.1 Å². The Bertz CT molecular complexity index is 683. The molecule has 1 unspecified atom stereocenters. The van der Waals surface area contributed by atoms with Crippen LogP contribution in [-0.2, 0) is 11.3 Å². The third-order valence-corrected chi connectivity index (χ3v) is 5.25. The van der Waals surface area contributed by atoms with Crippen molar-refractivity contribution < 1.29 is 9.53 Å². The Labute approximate surface area is 198 Å². The monoisotopic (exact) mass is 531 g/mol. The van der Waals surface area contributed by atoms with Crippen molar-refractivity contribution >= 4 is 35.8 Å². The summed E-state index contributed by atoms with van der Waals surface area (Å²) in [5.41, 5.74) is 1.13. The van der Waals surface area contributed by atoms with Crippen LogP contribution in [0.5, 0.6) is 5.75 Å². The van der Waals surface area contributed by atoms with E-state index < -0.39 is 0 Å². The highest BCUT2D eigenvalue weighted by molar-refractivity contribution is 14.0. The summed E-state index contributed by atoms with van der Waals surface area (Å²) in [5, 5.41) is 3.37. The Morgan fingerprint density at radius 2 is 2.03 bits per heavy atom. The van der Waals surface area contributed by atoms with E-state index >= 15 is 0 Å². The van der Waals surface area contributed by atoms with Crippen LogP contribution in [0.1, 0.15) is 31.7 Å². The van der Waals surface area contributed by atoms with Crippen LogP contribution in [0.15, 0.2) is 29.3 Å². The number of guanidine groups is 1. The highest BCUT2D eigenvalue weighted by Gasteiger charge is 2.30. The first-order chi connectivity index (χ1) is 14.0. The molecule has 1 aliphatic heterocycles. The van der Waals surface area contributed by atoms with Crippen molar-refractivity contribution in [2.24, 2.45) is 4.99 Å². The Balaban J connectivity index is 0.00000450. The van der Waals surface area contributed by atoms with Gasteiger partial charge in [-0.05, 0) is 38.8 Å². The topological polar surface area (TPSA) is 60.4 Å². The summed E-state index contributed by atoms with van der Waals surface area (Å²) >= 11 is 0. The molecule has 1 saturated heterocycles. The number of rotatable bonds is 9. The zero-order chi connectivity index (χ0) is 21.2. The van der Waals surface area contributed by atoms with Crippen LogP contribution in [0, 0.1) is 0 Å². The van der Waals surface area contributed by atoms with E-state index in [1.165, 1.54) is 0 Å². The smallest absolute Gasteiger partial charge is 0.239 e. The number of aliphatic imine (C=N–C) groups is 1. The molecule has 1 aromatic rings. The molecular formula is C22H38IN5O2. The van der Waals surface area contributed by atoms with Crippen molar-refractivity contribution in [1.29, 1.82) is 0 Å². The van der Waals surface area contributed by atoms with E-state index in [-0.39, 0.29) is 35.9 Å². The number of nitrogens with one attached hydrogen (secondary N) is 1. The Morgan fingerprint density at radius 3 is 2.70 bits per heavy atom. The van der Waals surface area contributed by atoms with Gasteiger partial charge in [0.05, 0.1) is 13.2 Å². The SMILES string of the molecule is CCNC(=NCCCN1CCCC1C(=O)N(C)C)N(C)Cc1ccccc1OC.I. The van der Waals surface area contributed by atoms with Crippen molar-refractivity contribution in [3.05, 3.63) is 29.8 Å². The lowest BCUT2D eigenvalue weighted by Gasteiger charge is -2.26. The van der Waals surface area contributed by atoms with E-state index in [1.807, 2.05) is 39.3 Å². The zero-order valence-corrected chi connectivity index (χ0v) is 21.4. The Hall–Kier alpha value is -1.55. The number of halogens is 1. The molecule has 1 amide bonds. The van der Waals surface area contributed by atoms with Gasteiger partial charge >= 0.3 is 0 Å². The number of para-hydroxylation sites is 1. The van der Waals surface area contributed by atoms with E-state index in [0.29, 0.717) is 0 Å². The van der Waals surface area contributed by atoms with Crippen molar-refractivity contribution in [2.45, 2.75) is 38.8 Å². The number of likely N-dealkylation sites (N-methyl/N-ethyl adjacent to an activating group) is 1. The molecule has 1 heterocycles. The van der Waals surface area contributed by atoms with Crippen LogP contribution in [-0.4, -0.2) is 87.0 Å². The van der Waals surface area contributed by atoms with Gasteiger partial charge in [0.25, 0.3) is 0 Å². The number of methoxy groups -OCH3 is 1. The second-order valence-electron chi connectivity index (χ2n) is 7.68. The maximum absolute atomic E-state index is 12.3. The van der Waals surface area contributed by atoms with Gasteiger partial charge in [-0.25, -0.2) is 0 Å². The minimum absolute atomic E-state index is 0. The van der Waals surface area contributed by atoms with Crippen molar-refractivity contribution in [3.8, 4) is 5.75 Å². The summed E-state index contributed by atoms with van der Waals surface area (Å²) in [4.78, 5) is 23.3. The van der Waals surface area contributed by atoms with Crippen molar-refractivity contribution in [2.75, 3.05) is 54.4 Å². The Kier molecular flexibility index (Phi) is 12.1. The average Bonchev–Trinajstić information content (AvgIpc) is 3.18. The molecule has 1 N–H and O–H groups in total. The molecule has 1 aliphatic rings. The fourth-order valence-electron chi connectivity index (χ4n) is 3.76. The summed E-state index contributed by atoms with van der Waals surface area (Å²) in [7, 11) is 7.41. The number of nitrogens with zero attached hydrogens (tertiary/aromatic N) is 4. The predicted molar refractivity (Wildman–Crippen MR) is 134 cm³/mol. The fraction of sp³-hybridized carbons (Fsp3) is 0.636. The molecule has 0 bridgehead atoms. The molecule has 0 saturated carbocycles. The van der Waals surface area contributed by atoms with E-state index in [9.17, 15) is 4.79 Å². The summed E-state index contributed by atoms with van der Waals surface area (Å²) in [6, 6.07) is 8.10. The zero-order valence-electron chi connectivity index (χ0n) is 19.1. The normalized spacial score (nSPS) is 16.7. The maximum Gasteiger partial charge on any atom is 0.239 e. The van der Waals surface area contributed by atoms with Gasteiger partial charge in [0.1, 0.15) is 5.75 Å². The van der Waals surface area contributed by atoms with Crippen LogP contribution in [0.4, 0.5) is 0 Å². The van der Waals surface area contributed by atoms with Gasteiger partial charge in [0.15, 0.2) is 5.96 Å². The third-order valence-electron chi connectivity index (χ3n) is 5.25. The molecule has 2 rings (SSSR count). The van der Waals surface area contributed by atoms with Gasteiger partial charge in [-0.2, -0.15) is 0 Å². The van der Waals surface area contributed by atoms with Gasteiger partial charge in [-0.15, -0.1) is 24.0 Å². The van der Waals surface area contributed by atoms with Gasteiger partial charge in [0, 0.05) is 52.9 Å². The number of likely N-dealkylation sites (tertiary alicyclic amines) is 1. The largest absolute Gasteiger partial charge is 0.496 e. The maximum atomic E-state index is 12.3. The third kappa shape index (κ3) is 7.61. The average molecular weight is 531 g/mol. The van der Waals surface area contributed by atoms with Crippen LogP contribution < -0.4 is 10.1 Å². The molecule has 1 aromatic carbocycles. The highest BCUT2D eigenvalue weighted by atomic mass is 127. The second-order valence-corrected chi connectivity index (χ2v) is 7.68. The van der Waals surface area contributed by atoms with Crippen LogP contribution >= 0.6 is 24.0 Å². The standard InChI is InChI=1S/C22H37N5O2.HI/c1-6-23-22(26(4)17-18-11-7-8-13-20(18)29-5)24-14-10-16-27-15-9-12-19(27)21(28)25(2)3;/h7-8,11,13,19H,6,9-10,12,14-17H2,1-5H3,(H,23,24);1H. The lowest BCUT2D eigenvalue weighted by Crippen LogP contribution is -2.43. The van der Waals surface area contributed by atoms with E-state index in [1.54, 1.807) is 12.0 Å². The molecule has 170 valence electrons. The Morgan fingerprint density at radius 1 is 1.30 bits per heavy atom. The van der Waals surface area contributed by atoms with Gasteiger partial charge in [-0.1, -0.05) is 18.2 Å². The number of amides is 1. The first-order valence-electron chi connectivity index (χ1n) is 10.5. The van der Waals surface area contributed by atoms with Crippen molar-refractivity contribution in [1.82, 2.24) is 20.0 Å². The molecule has 0 radical (unpaired) electrons. The molecule has 0 spiro atoms. The van der Waals surface area contributed by atoms with Gasteiger partial charge in [0.2, 0.25) is 5.91 Å². The molecule has 7 nitrogen and oxygen atoms in total. The molecule has 30 heavy (non-hydrogen) atoms. The summed E-state index contributed by atoms with van der Waals surface area (Å²) < 4.78 is 5.46. The second kappa shape index (κ2) is 13.7. The number of hydrogen-bond donors (Lipinski definition) is 1. The number of hydrogen-bond acceptors (Lipinski definition) is 4.